The first-order chi connectivity index (χ1) is 13.1. The largest absolute Gasteiger partial charge is 0.496 e. The zero-order chi connectivity index (χ0) is 19.2. The molecule has 9 nitrogen and oxygen atoms in total. The van der Waals surface area contributed by atoms with E-state index in [0.717, 1.165) is 36.9 Å². The third-order valence-electron chi connectivity index (χ3n) is 4.59. The maximum Gasteiger partial charge on any atom is 0.296 e. The summed E-state index contributed by atoms with van der Waals surface area (Å²) in [4.78, 5) is 29.7. The number of anilines is 2. The number of benzene rings is 1. The molecular formula is C18H23N5O4+2. The molecule has 9 heteroatoms. The van der Waals surface area contributed by atoms with Crippen molar-refractivity contribution >= 4 is 23.1 Å². The van der Waals surface area contributed by atoms with Gasteiger partial charge in [0.2, 0.25) is 0 Å². The highest BCUT2D eigenvalue weighted by atomic mass is 16.6. The Morgan fingerprint density at radius 3 is 2.74 bits per heavy atom. The molecule has 1 aromatic heterocycles. The maximum atomic E-state index is 12.4. The first-order valence-corrected chi connectivity index (χ1v) is 8.74. The van der Waals surface area contributed by atoms with E-state index in [0.29, 0.717) is 5.75 Å². The fourth-order valence-corrected chi connectivity index (χ4v) is 3.14. The van der Waals surface area contributed by atoms with Gasteiger partial charge in [-0.05, 0) is 18.2 Å². The summed E-state index contributed by atoms with van der Waals surface area (Å²) in [6.07, 6.45) is 1.89. The van der Waals surface area contributed by atoms with E-state index < -0.39 is 4.92 Å². The van der Waals surface area contributed by atoms with Crippen LogP contribution >= 0.6 is 0 Å². The lowest BCUT2D eigenvalue weighted by atomic mass is 10.2. The average molecular weight is 373 g/mol. The maximum absolute atomic E-state index is 12.4. The van der Waals surface area contributed by atoms with Gasteiger partial charge in [-0.25, -0.2) is 4.98 Å². The van der Waals surface area contributed by atoms with E-state index in [4.69, 9.17) is 4.74 Å². The SMILES string of the molecule is COc1ccc(NC(=O)C[NH+]2CCN(c3cccc[nH+]3)CC2)c([N+](=O)[O-])c1. The van der Waals surface area contributed by atoms with Crippen molar-refractivity contribution in [3.63, 3.8) is 0 Å². The van der Waals surface area contributed by atoms with Crippen molar-refractivity contribution in [1.29, 1.82) is 0 Å². The number of aromatic nitrogens is 1. The molecule has 0 saturated carbocycles. The second-order valence-electron chi connectivity index (χ2n) is 6.35. The van der Waals surface area contributed by atoms with Crippen LogP contribution in [0.1, 0.15) is 0 Å². The van der Waals surface area contributed by atoms with E-state index >= 15 is 0 Å². The van der Waals surface area contributed by atoms with Crippen molar-refractivity contribution in [3.05, 3.63) is 52.7 Å². The van der Waals surface area contributed by atoms with Crippen LogP contribution in [-0.4, -0.2) is 50.7 Å². The van der Waals surface area contributed by atoms with E-state index in [1.54, 1.807) is 6.07 Å². The van der Waals surface area contributed by atoms with Gasteiger partial charge in [0.15, 0.2) is 6.54 Å². The Balaban J connectivity index is 1.55. The lowest BCUT2D eigenvalue weighted by Crippen LogP contribution is -3.15. The topological polar surface area (TPSA) is 103 Å². The highest BCUT2D eigenvalue weighted by Crippen LogP contribution is 2.28. The predicted octanol–water partition coefficient (Wildman–Crippen LogP) is -0.239. The van der Waals surface area contributed by atoms with Gasteiger partial charge in [0, 0.05) is 6.07 Å². The number of pyridine rings is 1. The Morgan fingerprint density at radius 1 is 1.33 bits per heavy atom. The number of H-pyrrole nitrogens is 1. The molecule has 1 aliphatic heterocycles. The fraction of sp³-hybridized carbons (Fsp3) is 0.333. The Bertz CT molecular complexity index is 807. The summed E-state index contributed by atoms with van der Waals surface area (Å²) in [5, 5.41) is 13.9. The number of carbonyl (C=O) groups is 1. The number of aromatic amines is 1. The number of amides is 1. The molecule has 142 valence electrons. The molecule has 2 heterocycles. The second-order valence-corrected chi connectivity index (χ2v) is 6.35. The van der Waals surface area contributed by atoms with Crippen LogP contribution in [0, 0.1) is 10.1 Å². The Hall–Kier alpha value is -3.20. The molecule has 0 atom stereocenters. The molecule has 3 N–H and O–H groups in total. The molecule has 27 heavy (non-hydrogen) atoms. The predicted molar refractivity (Wildman–Crippen MR) is 99.1 cm³/mol. The molecular weight excluding hydrogens is 350 g/mol. The van der Waals surface area contributed by atoms with Crippen LogP contribution in [0.5, 0.6) is 5.75 Å². The summed E-state index contributed by atoms with van der Waals surface area (Å²) in [7, 11) is 1.44. The molecule has 2 aromatic rings. The first kappa shape index (κ1) is 18.6. The minimum Gasteiger partial charge on any atom is -0.496 e. The number of nitrogens with one attached hydrogen (secondary N) is 3. The molecule has 0 unspecified atom stereocenters. The van der Waals surface area contributed by atoms with E-state index in [9.17, 15) is 14.9 Å². The van der Waals surface area contributed by atoms with Crippen LogP contribution in [0.25, 0.3) is 0 Å². The third kappa shape index (κ3) is 4.70. The number of nitrogens with zero attached hydrogens (tertiary/aromatic N) is 2. The van der Waals surface area contributed by atoms with E-state index in [1.165, 1.54) is 19.2 Å². The van der Waals surface area contributed by atoms with Crippen LogP contribution in [0.15, 0.2) is 42.6 Å². The number of nitro groups is 1. The summed E-state index contributed by atoms with van der Waals surface area (Å²) in [6, 6.07) is 10.3. The van der Waals surface area contributed by atoms with E-state index in [-0.39, 0.29) is 23.8 Å². The van der Waals surface area contributed by atoms with Gasteiger partial charge < -0.3 is 15.0 Å². The summed E-state index contributed by atoms with van der Waals surface area (Å²) in [5.41, 5.74) is 0.00450. The number of rotatable bonds is 6. The number of methoxy groups -OCH3 is 1. The Kier molecular flexibility index (Phi) is 5.82. The highest BCUT2D eigenvalue weighted by Gasteiger charge is 2.27. The lowest BCUT2D eigenvalue weighted by molar-refractivity contribution is -0.892. The lowest BCUT2D eigenvalue weighted by Gasteiger charge is -2.27. The molecule has 0 spiro atoms. The second kappa shape index (κ2) is 8.45. The molecule has 0 aliphatic carbocycles. The van der Waals surface area contributed by atoms with E-state index in [2.05, 4.69) is 15.2 Å². The molecule has 1 aliphatic rings. The van der Waals surface area contributed by atoms with Gasteiger partial charge in [-0.3, -0.25) is 19.8 Å². The summed E-state index contributed by atoms with van der Waals surface area (Å²) in [6.45, 7) is 3.59. The number of nitro benzene ring substituents is 1. The Labute approximate surface area is 156 Å². The zero-order valence-corrected chi connectivity index (χ0v) is 15.1. The molecule has 1 fully saturated rings. The zero-order valence-electron chi connectivity index (χ0n) is 15.1. The smallest absolute Gasteiger partial charge is 0.296 e. The number of hydrogen-bond donors (Lipinski definition) is 2. The summed E-state index contributed by atoms with van der Waals surface area (Å²) >= 11 is 0. The number of quaternary nitrogens is 1. The van der Waals surface area contributed by atoms with Gasteiger partial charge in [-0.2, -0.15) is 0 Å². The third-order valence-corrected chi connectivity index (χ3v) is 4.59. The van der Waals surface area contributed by atoms with Gasteiger partial charge in [-0.15, -0.1) is 0 Å². The summed E-state index contributed by atoms with van der Waals surface area (Å²) < 4.78 is 5.00. The van der Waals surface area contributed by atoms with Gasteiger partial charge in [0.05, 0.1) is 24.3 Å². The van der Waals surface area contributed by atoms with Crippen LogP contribution in [0.3, 0.4) is 0 Å². The van der Waals surface area contributed by atoms with E-state index in [1.807, 2.05) is 24.4 Å². The van der Waals surface area contributed by atoms with Gasteiger partial charge in [-0.1, -0.05) is 6.07 Å². The van der Waals surface area contributed by atoms with Gasteiger partial charge in [0.1, 0.15) is 37.6 Å². The van der Waals surface area contributed by atoms with Crippen molar-refractivity contribution in [2.45, 2.75) is 0 Å². The van der Waals surface area contributed by atoms with Crippen molar-refractivity contribution < 1.29 is 24.3 Å². The van der Waals surface area contributed by atoms with Crippen LogP contribution in [0.4, 0.5) is 17.2 Å². The minimum absolute atomic E-state index is 0.179. The molecule has 1 aromatic carbocycles. The molecule has 1 amide bonds. The quantitative estimate of drug-likeness (QED) is 0.537. The van der Waals surface area contributed by atoms with Crippen molar-refractivity contribution in [2.75, 3.05) is 50.1 Å². The number of piperazine rings is 1. The summed E-state index contributed by atoms with van der Waals surface area (Å²) in [5.74, 6) is 1.20. The van der Waals surface area contributed by atoms with Crippen LogP contribution < -0.4 is 24.8 Å². The standard InChI is InChI=1S/C18H21N5O4/c1-27-14-5-6-15(16(12-14)23(25)26)20-18(24)13-21-8-10-22(11-9-21)17-4-2-3-7-19-17/h2-7,12H,8-11,13H2,1H3,(H,20,24)/p+2. The number of carbonyl (C=O) groups excluding carboxylic acids is 1. The Morgan fingerprint density at radius 2 is 2.11 bits per heavy atom. The molecule has 0 radical (unpaired) electrons. The first-order valence-electron chi connectivity index (χ1n) is 8.74. The normalized spacial score (nSPS) is 14.6. The van der Waals surface area contributed by atoms with Crippen molar-refractivity contribution in [3.8, 4) is 5.75 Å². The van der Waals surface area contributed by atoms with Gasteiger partial charge >= 0.3 is 0 Å². The van der Waals surface area contributed by atoms with Crippen molar-refractivity contribution in [1.82, 2.24) is 0 Å². The van der Waals surface area contributed by atoms with Crippen LogP contribution in [0.2, 0.25) is 0 Å². The fourth-order valence-electron chi connectivity index (χ4n) is 3.14. The highest BCUT2D eigenvalue weighted by molar-refractivity contribution is 5.93. The van der Waals surface area contributed by atoms with Crippen LogP contribution in [-0.2, 0) is 4.79 Å². The number of ether oxygens (including phenoxy) is 1. The average Bonchev–Trinajstić information content (AvgIpc) is 2.69. The molecule has 0 bridgehead atoms. The van der Waals surface area contributed by atoms with Gasteiger partial charge in [0.25, 0.3) is 17.4 Å². The number of hydrogen-bond acceptors (Lipinski definition) is 5. The minimum atomic E-state index is -0.528. The molecule has 1 saturated heterocycles. The monoisotopic (exact) mass is 373 g/mol. The molecule has 3 rings (SSSR count). The van der Waals surface area contributed by atoms with Crippen molar-refractivity contribution in [2.24, 2.45) is 0 Å².